The van der Waals surface area contributed by atoms with Crippen molar-refractivity contribution in [2.24, 2.45) is 0 Å². The van der Waals surface area contributed by atoms with Gasteiger partial charge in [0, 0.05) is 24.4 Å². The number of carbonyl (C=O) groups is 1. The zero-order chi connectivity index (χ0) is 12.8. The first kappa shape index (κ1) is 12.8. The second-order valence-corrected chi connectivity index (χ2v) is 4.53. The Morgan fingerprint density at radius 2 is 2.33 bits per heavy atom. The van der Waals surface area contributed by atoms with E-state index in [0.717, 1.165) is 5.69 Å². The highest BCUT2D eigenvalue weighted by Gasteiger charge is 2.05. The number of halogens is 1. The summed E-state index contributed by atoms with van der Waals surface area (Å²) in [5.74, 6) is 0.584. The van der Waals surface area contributed by atoms with E-state index >= 15 is 0 Å². The fourth-order valence-electron chi connectivity index (χ4n) is 1.43. The molecular weight excluding hydrogens is 298 g/mol. The number of carbonyl (C=O) groups excluding carboxylic acids is 1. The summed E-state index contributed by atoms with van der Waals surface area (Å²) < 4.78 is 5.58. The summed E-state index contributed by atoms with van der Waals surface area (Å²) in [4.78, 5) is 15.7. The zero-order valence-electron chi connectivity index (χ0n) is 9.60. The van der Waals surface area contributed by atoms with Crippen molar-refractivity contribution < 1.29 is 9.32 Å². The molecule has 0 aliphatic rings. The van der Waals surface area contributed by atoms with Crippen molar-refractivity contribution in [2.75, 3.05) is 0 Å². The predicted octanol–water partition coefficient (Wildman–Crippen LogP) is 2.08. The van der Waals surface area contributed by atoms with Gasteiger partial charge in [-0.3, -0.25) is 9.78 Å². The van der Waals surface area contributed by atoms with Crippen molar-refractivity contribution in [2.45, 2.75) is 19.4 Å². The molecule has 6 heteroatoms. The third-order valence-corrected chi connectivity index (χ3v) is 2.70. The molecule has 0 saturated heterocycles. The van der Waals surface area contributed by atoms with Crippen molar-refractivity contribution in [1.29, 1.82) is 0 Å². The van der Waals surface area contributed by atoms with Crippen molar-refractivity contribution in [1.82, 2.24) is 15.5 Å². The van der Waals surface area contributed by atoms with Crippen LogP contribution in [0.3, 0.4) is 0 Å². The first-order valence-electron chi connectivity index (χ1n) is 5.52. The fourth-order valence-corrected chi connectivity index (χ4v) is 1.76. The molecule has 0 saturated carbocycles. The van der Waals surface area contributed by atoms with Crippen LogP contribution in [0.1, 0.15) is 17.9 Å². The minimum atomic E-state index is -0.0341. The maximum atomic E-state index is 11.6. The Kier molecular flexibility index (Phi) is 4.46. The summed E-state index contributed by atoms with van der Waals surface area (Å²) in [6.45, 7) is 0.347. The van der Waals surface area contributed by atoms with Gasteiger partial charge in [-0.2, -0.15) is 0 Å². The number of hydrogen-bond acceptors (Lipinski definition) is 4. The van der Waals surface area contributed by atoms with Gasteiger partial charge in [0.2, 0.25) is 5.91 Å². The summed E-state index contributed by atoms with van der Waals surface area (Å²) in [6.07, 6.45) is 2.76. The van der Waals surface area contributed by atoms with Crippen LogP contribution >= 0.6 is 15.9 Å². The van der Waals surface area contributed by atoms with Crippen molar-refractivity contribution in [3.63, 3.8) is 0 Å². The van der Waals surface area contributed by atoms with E-state index in [0.29, 0.717) is 29.7 Å². The van der Waals surface area contributed by atoms with Gasteiger partial charge >= 0.3 is 0 Å². The lowest BCUT2D eigenvalue weighted by Crippen LogP contribution is -2.22. The second-order valence-electron chi connectivity index (χ2n) is 3.71. The molecule has 5 nitrogen and oxygen atoms in total. The topological polar surface area (TPSA) is 68.0 Å². The van der Waals surface area contributed by atoms with Crippen molar-refractivity contribution in [3.05, 3.63) is 46.5 Å². The number of amides is 1. The molecule has 0 spiro atoms. The lowest BCUT2D eigenvalue weighted by Gasteiger charge is -2.02. The first-order chi connectivity index (χ1) is 8.74. The number of hydrogen-bond donors (Lipinski definition) is 1. The fraction of sp³-hybridized carbons (Fsp3) is 0.250. The molecule has 0 radical (unpaired) electrons. The molecule has 0 bridgehead atoms. The molecule has 2 aromatic heterocycles. The third kappa shape index (κ3) is 3.96. The molecule has 0 aliphatic carbocycles. The number of rotatable bonds is 5. The monoisotopic (exact) mass is 309 g/mol. The summed E-state index contributed by atoms with van der Waals surface area (Å²) in [5.41, 5.74) is 0.912. The molecule has 2 heterocycles. The van der Waals surface area contributed by atoms with Gasteiger partial charge in [-0.05, 0) is 34.5 Å². The van der Waals surface area contributed by atoms with Crippen LogP contribution in [0.25, 0.3) is 0 Å². The molecule has 0 unspecified atom stereocenters. The number of nitrogens with zero attached hydrogens (tertiary/aromatic N) is 2. The van der Waals surface area contributed by atoms with E-state index in [4.69, 9.17) is 4.52 Å². The van der Waals surface area contributed by atoms with Gasteiger partial charge in [-0.15, -0.1) is 0 Å². The van der Waals surface area contributed by atoms with Gasteiger partial charge in [-0.1, -0.05) is 11.2 Å². The molecule has 1 amide bonds. The SMILES string of the molecule is O=C(CCc1ccccn1)NCc1cc(Br)no1. The Morgan fingerprint density at radius 3 is 3.00 bits per heavy atom. The van der Waals surface area contributed by atoms with Crippen LogP contribution in [0.4, 0.5) is 0 Å². The minimum absolute atomic E-state index is 0.0341. The lowest BCUT2D eigenvalue weighted by molar-refractivity contribution is -0.121. The summed E-state index contributed by atoms with van der Waals surface area (Å²) >= 11 is 3.17. The van der Waals surface area contributed by atoms with Crippen LogP contribution in [-0.4, -0.2) is 16.0 Å². The Bertz CT molecular complexity index is 513. The Balaban J connectivity index is 1.73. The van der Waals surface area contributed by atoms with E-state index in [1.165, 1.54) is 0 Å². The highest BCUT2D eigenvalue weighted by Crippen LogP contribution is 2.09. The normalized spacial score (nSPS) is 10.3. The highest BCUT2D eigenvalue weighted by molar-refractivity contribution is 9.10. The quantitative estimate of drug-likeness (QED) is 0.918. The van der Waals surface area contributed by atoms with Crippen molar-refractivity contribution in [3.8, 4) is 0 Å². The van der Waals surface area contributed by atoms with E-state index < -0.39 is 0 Å². The number of aryl methyl sites for hydroxylation is 1. The average Bonchev–Trinajstić information content (AvgIpc) is 2.81. The molecule has 1 N–H and O–H groups in total. The van der Waals surface area contributed by atoms with Gasteiger partial charge in [0.1, 0.15) is 4.60 Å². The first-order valence-corrected chi connectivity index (χ1v) is 6.31. The predicted molar refractivity (Wildman–Crippen MR) is 68.6 cm³/mol. The van der Waals surface area contributed by atoms with Crippen LogP contribution in [0.5, 0.6) is 0 Å². The van der Waals surface area contributed by atoms with Gasteiger partial charge in [0.25, 0.3) is 0 Å². The minimum Gasteiger partial charge on any atom is -0.358 e. The molecule has 2 rings (SSSR count). The van der Waals surface area contributed by atoms with E-state index in [-0.39, 0.29) is 5.91 Å². The van der Waals surface area contributed by atoms with Crippen LogP contribution in [0.2, 0.25) is 0 Å². The molecule has 18 heavy (non-hydrogen) atoms. The Labute approximate surface area is 113 Å². The zero-order valence-corrected chi connectivity index (χ0v) is 11.2. The maximum Gasteiger partial charge on any atom is 0.220 e. The summed E-state index contributed by atoms with van der Waals surface area (Å²) in [5, 5.41) is 6.43. The molecule has 0 atom stereocenters. The van der Waals surface area contributed by atoms with E-state index in [2.05, 4.69) is 31.4 Å². The summed E-state index contributed by atoms with van der Waals surface area (Å²) in [6, 6.07) is 7.39. The van der Waals surface area contributed by atoms with E-state index in [1.54, 1.807) is 12.3 Å². The van der Waals surface area contributed by atoms with Gasteiger partial charge in [0.05, 0.1) is 6.54 Å². The van der Waals surface area contributed by atoms with E-state index in [1.807, 2.05) is 18.2 Å². The summed E-state index contributed by atoms with van der Waals surface area (Å²) in [7, 11) is 0. The van der Waals surface area contributed by atoms with Crippen molar-refractivity contribution >= 4 is 21.8 Å². The molecular formula is C12H12BrN3O2. The standard InChI is InChI=1S/C12H12BrN3O2/c13-11-7-10(18-16-11)8-15-12(17)5-4-9-3-1-2-6-14-9/h1-3,6-7H,4-5,8H2,(H,15,17). The average molecular weight is 310 g/mol. The molecule has 0 fully saturated rings. The van der Waals surface area contributed by atoms with Crippen LogP contribution in [-0.2, 0) is 17.8 Å². The van der Waals surface area contributed by atoms with Crippen LogP contribution in [0.15, 0.2) is 39.6 Å². The second kappa shape index (κ2) is 6.30. The molecule has 0 aliphatic heterocycles. The maximum absolute atomic E-state index is 11.6. The number of aromatic nitrogens is 2. The largest absolute Gasteiger partial charge is 0.358 e. The van der Waals surface area contributed by atoms with E-state index in [9.17, 15) is 4.79 Å². The smallest absolute Gasteiger partial charge is 0.220 e. The molecule has 0 aromatic carbocycles. The van der Waals surface area contributed by atoms with Gasteiger partial charge < -0.3 is 9.84 Å². The number of nitrogens with one attached hydrogen (secondary N) is 1. The molecule has 94 valence electrons. The highest BCUT2D eigenvalue weighted by atomic mass is 79.9. The lowest BCUT2D eigenvalue weighted by atomic mass is 10.2. The molecule has 2 aromatic rings. The third-order valence-electron chi connectivity index (χ3n) is 2.32. The van der Waals surface area contributed by atoms with Crippen LogP contribution < -0.4 is 5.32 Å². The van der Waals surface area contributed by atoms with Gasteiger partial charge in [-0.25, -0.2) is 0 Å². The number of pyridine rings is 1. The van der Waals surface area contributed by atoms with Gasteiger partial charge in [0.15, 0.2) is 5.76 Å². The van der Waals surface area contributed by atoms with Crippen LogP contribution in [0, 0.1) is 0 Å². The Morgan fingerprint density at radius 1 is 1.44 bits per heavy atom. The Hall–Kier alpha value is -1.69.